The van der Waals surface area contributed by atoms with E-state index in [1.165, 1.54) is 11.3 Å². The molecular formula is C11H18N2S. The zero-order valence-corrected chi connectivity index (χ0v) is 9.97. The number of nitrogens with zero attached hydrogens (tertiary/aromatic N) is 2. The van der Waals surface area contributed by atoms with Crippen LogP contribution in [0.3, 0.4) is 0 Å². The number of hydrogen-bond donors (Lipinski definition) is 0. The molecular weight excluding hydrogens is 192 g/mol. The molecule has 0 saturated carbocycles. The molecule has 0 radical (unpaired) electrons. The average molecular weight is 210 g/mol. The summed E-state index contributed by atoms with van der Waals surface area (Å²) < 4.78 is 0. The lowest BCUT2D eigenvalue weighted by molar-refractivity contribution is 0.857. The number of anilines is 1. The number of rotatable bonds is 5. The molecule has 0 fully saturated rings. The van der Waals surface area contributed by atoms with Crippen molar-refractivity contribution in [3.05, 3.63) is 24.0 Å². The molecule has 0 aliphatic rings. The summed E-state index contributed by atoms with van der Waals surface area (Å²) in [5.74, 6) is 1.06. The first-order valence-electron chi connectivity index (χ1n) is 5.00. The summed E-state index contributed by atoms with van der Waals surface area (Å²) in [6.45, 7) is 6.45. The molecule has 78 valence electrons. The minimum absolute atomic E-state index is 1.05. The Morgan fingerprint density at radius 3 is 2.64 bits per heavy atom. The molecule has 3 heteroatoms. The van der Waals surface area contributed by atoms with Crippen LogP contribution in [0.1, 0.15) is 19.4 Å². The third-order valence-electron chi connectivity index (χ3n) is 2.29. The Bertz CT molecular complexity index is 272. The molecule has 0 N–H and O–H groups in total. The van der Waals surface area contributed by atoms with E-state index in [0.29, 0.717) is 0 Å². The van der Waals surface area contributed by atoms with E-state index in [1.54, 1.807) is 0 Å². The van der Waals surface area contributed by atoms with E-state index < -0.39 is 0 Å². The van der Waals surface area contributed by atoms with Crippen molar-refractivity contribution < 1.29 is 0 Å². The molecule has 0 spiro atoms. The number of hydrogen-bond acceptors (Lipinski definition) is 3. The first-order valence-corrected chi connectivity index (χ1v) is 6.39. The van der Waals surface area contributed by atoms with Gasteiger partial charge in [0.25, 0.3) is 0 Å². The van der Waals surface area contributed by atoms with Crippen LogP contribution in [-0.2, 0) is 5.75 Å². The van der Waals surface area contributed by atoms with Crippen LogP contribution >= 0.6 is 11.8 Å². The molecule has 1 heterocycles. The zero-order valence-electron chi connectivity index (χ0n) is 9.16. The van der Waals surface area contributed by atoms with Gasteiger partial charge in [-0.2, -0.15) is 11.8 Å². The molecule has 2 nitrogen and oxygen atoms in total. The van der Waals surface area contributed by atoms with Crippen LogP contribution in [0, 0.1) is 0 Å². The smallest absolute Gasteiger partial charge is 0.0593 e. The Hall–Kier alpha value is -0.700. The molecule has 1 aromatic heterocycles. The predicted molar refractivity (Wildman–Crippen MR) is 65.0 cm³/mol. The van der Waals surface area contributed by atoms with E-state index >= 15 is 0 Å². The van der Waals surface area contributed by atoms with Crippen molar-refractivity contribution >= 4 is 17.4 Å². The molecule has 0 aliphatic heterocycles. The highest BCUT2D eigenvalue weighted by Crippen LogP contribution is 2.22. The largest absolute Gasteiger partial charge is 0.371 e. The Kier molecular flexibility index (Phi) is 4.80. The Morgan fingerprint density at radius 2 is 2.07 bits per heavy atom. The molecule has 0 aliphatic carbocycles. The second-order valence-corrected chi connectivity index (χ2v) is 3.98. The minimum Gasteiger partial charge on any atom is -0.371 e. The Morgan fingerprint density at radius 1 is 1.36 bits per heavy atom. The van der Waals surface area contributed by atoms with Crippen molar-refractivity contribution in [1.29, 1.82) is 0 Å². The molecule has 0 atom stereocenters. The van der Waals surface area contributed by atoms with Gasteiger partial charge in [-0.25, -0.2) is 0 Å². The van der Waals surface area contributed by atoms with Crippen LogP contribution in [0.5, 0.6) is 0 Å². The normalized spacial score (nSPS) is 10.2. The van der Waals surface area contributed by atoms with Gasteiger partial charge in [-0.05, 0) is 31.7 Å². The van der Waals surface area contributed by atoms with Gasteiger partial charge in [0.1, 0.15) is 0 Å². The lowest BCUT2D eigenvalue weighted by Crippen LogP contribution is -2.23. The average Bonchev–Trinajstić information content (AvgIpc) is 2.23. The molecule has 0 unspecified atom stereocenters. The summed E-state index contributed by atoms with van der Waals surface area (Å²) in [4.78, 5) is 6.54. The number of aromatic nitrogens is 1. The zero-order chi connectivity index (χ0) is 10.4. The van der Waals surface area contributed by atoms with Crippen LogP contribution < -0.4 is 4.90 Å². The van der Waals surface area contributed by atoms with E-state index in [1.807, 2.05) is 24.2 Å². The number of pyridine rings is 1. The van der Waals surface area contributed by atoms with Crippen LogP contribution in [0.2, 0.25) is 0 Å². The minimum atomic E-state index is 1.05. The highest BCUT2D eigenvalue weighted by molar-refractivity contribution is 7.97. The fourth-order valence-corrected chi connectivity index (χ4v) is 2.10. The van der Waals surface area contributed by atoms with Gasteiger partial charge in [0.15, 0.2) is 0 Å². The van der Waals surface area contributed by atoms with Gasteiger partial charge in [0, 0.05) is 25.0 Å². The molecule has 0 saturated heterocycles. The maximum Gasteiger partial charge on any atom is 0.0593 e. The number of thioether (sulfide) groups is 1. The van der Waals surface area contributed by atoms with Crippen molar-refractivity contribution in [2.75, 3.05) is 24.2 Å². The summed E-state index contributed by atoms with van der Waals surface area (Å²) in [5, 5.41) is 0. The van der Waals surface area contributed by atoms with Gasteiger partial charge < -0.3 is 4.90 Å². The topological polar surface area (TPSA) is 16.1 Å². The van der Waals surface area contributed by atoms with Gasteiger partial charge in [-0.1, -0.05) is 0 Å². The summed E-state index contributed by atoms with van der Waals surface area (Å²) >= 11 is 1.85. The standard InChI is InChI=1S/C11H18N2S/c1-4-13(5-2)11-8-12-7-6-10(11)9-14-3/h6-8H,4-5,9H2,1-3H3. The van der Waals surface area contributed by atoms with Gasteiger partial charge >= 0.3 is 0 Å². The van der Waals surface area contributed by atoms with Crippen LogP contribution in [-0.4, -0.2) is 24.3 Å². The third kappa shape index (κ3) is 2.64. The highest BCUT2D eigenvalue weighted by atomic mass is 32.2. The molecule has 1 aromatic rings. The second-order valence-electron chi connectivity index (χ2n) is 3.11. The second kappa shape index (κ2) is 5.91. The first-order chi connectivity index (χ1) is 6.83. The fourth-order valence-electron chi connectivity index (χ4n) is 1.54. The first kappa shape index (κ1) is 11.4. The van der Waals surface area contributed by atoms with E-state index in [0.717, 1.165) is 18.8 Å². The van der Waals surface area contributed by atoms with Crippen LogP contribution in [0.25, 0.3) is 0 Å². The monoisotopic (exact) mass is 210 g/mol. The van der Waals surface area contributed by atoms with E-state index in [2.05, 4.69) is 36.1 Å². The van der Waals surface area contributed by atoms with Gasteiger partial charge in [0.05, 0.1) is 11.9 Å². The Labute approximate surface area is 90.7 Å². The van der Waals surface area contributed by atoms with Crippen LogP contribution in [0.15, 0.2) is 18.5 Å². The Balaban J connectivity index is 2.92. The quantitative estimate of drug-likeness (QED) is 0.743. The SMILES string of the molecule is CCN(CC)c1cnccc1CSC. The highest BCUT2D eigenvalue weighted by Gasteiger charge is 2.06. The fraction of sp³-hybridized carbons (Fsp3) is 0.545. The van der Waals surface area contributed by atoms with Crippen molar-refractivity contribution in [3.63, 3.8) is 0 Å². The molecule has 0 aromatic carbocycles. The molecule has 0 bridgehead atoms. The van der Waals surface area contributed by atoms with Gasteiger partial charge in [-0.15, -0.1) is 0 Å². The lowest BCUT2D eigenvalue weighted by atomic mass is 10.2. The molecule has 1 rings (SSSR count). The van der Waals surface area contributed by atoms with Crippen molar-refractivity contribution in [3.8, 4) is 0 Å². The van der Waals surface area contributed by atoms with Crippen LogP contribution in [0.4, 0.5) is 5.69 Å². The van der Waals surface area contributed by atoms with Crippen molar-refractivity contribution in [1.82, 2.24) is 4.98 Å². The van der Waals surface area contributed by atoms with E-state index in [4.69, 9.17) is 0 Å². The lowest BCUT2D eigenvalue weighted by Gasteiger charge is -2.23. The summed E-state index contributed by atoms with van der Waals surface area (Å²) in [6, 6.07) is 2.12. The predicted octanol–water partition coefficient (Wildman–Crippen LogP) is 2.79. The molecule has 0 amide bonds. The van der Waals surface area contributed by atoms with Crippen molar-refractivity contribution in [2.24, 2.45) is 0 Å². The van der Waals surface area contributed by atoms with Gasteiger partial charge in [0.2, 0.25) is 0 Å². The molecule has 14 heavy (non-hydrogen) atoms. The summed E-state index contributed by atoms with van der Waals surface area (Å²) in [6.07, 6.45) is 5.98. The van der Waals surface area contributed by atoms with E-state index in [-0.39, 0.29) is 0 Å². The summed E-state index contributed by atoms with van der Waals surface area (Å²) in [5.41, 5.74) is 2.67. The van der Waals surface area contributed by atoms with Crippen molar-refractivity contribution in [2.45, 2.75) is 19.6 Å². The maximum absolute atomic E-state index is 4.19. The third-order valence-corrected chi connectivity index (χ3v) is 2.89. The maximum atomic E-state index is 4.19. The van der Waals surface area contributed by atoms with E-state index in [9.17, 15) is 0 Å². The van der Waals surface area contributed by atoms with Gasteiger partial charge in [-0.3, -0.25) is 4.98 Å². The summed E-state index contributed by atoms with van der Waals surface area (Å²) in [7, 11) is 0.